The monoisotopic (exact) mass is 326 g/mol. The standard InChI is InChI=1S/C18H19FN4O/c1-11(2)16(17-20-14-9-5-6-10-15(14)21-17)23-18(24)22-13-8-4-3-7-12(13)19/h3-11,16H,1-2H3,(H,20,21)(H2,22,23,24). The third-order valence-electron chi connectivity index (χ3n) is 3.78. The second kappa shape index (κ2) is 6.70. The molecule has 3 aromatic rings. The minimum absolute atomic E-state index is 0.108. The average Bonchev–Trinajstić information content (AvgIpc) is 2.98. The SMILES string of the molecule is CC(C)C(NC(=O)Nc1ccccc1F)c1nc2ccccc2[nH]1. The number of carbonyl (C=O) groups is 1. The highest BCUT2D eigenvalue weighted by Gasteiger charge is 2.22. The molecule has 0 radical (unpaired) electrons. The van der Waals surface area contributed by atoms with Crippen LogP contribution in [-0.2, 0) is 0 Å². The summed E-state index contributed by atoms with van der Waals surface area (Å²) in [4.78, 5) is 20.0. The van der Waals surface area contributed by atoms with Gasteiger partial charge in [-0.05, 0) is 30.2 Å². The number of anilines is 1. The highest BCUT2D eigenvalue weighted by molar-refractivity contribution is 5.89. The maximum Gasteiger partial charge on any atom is 0.319 e. The number of halogens is 1. The lowest BCUT2D eigenvalue weighted by Gasteiger charge is -2.20. The van der Waals surface area contributed by atoms with E-state index < -0.39 is 11.8 Å². The van der Waals surface area contributed by atoms with Gasteiger partial charge in [0.05, 0.1) is 22.8 Å². The molecule has 3 N–H and O–H groups in total. The Balaban J connectivity index is 1.79. The van der Waals surface area contributed by atoms with Gasteiger partial charge in [0, 0.05) is 0 Å². The third-order valence-corrected chi connectivity index (χ3v) is 3.78. The normalized spacial score (nSPS) is 12.3. The van der Waals surface area contributed by atoms with Gasteiger partial charge in [-0.15, -0.1) is 0 Å². The van der Waals surface area contributed by atoms with E-state index >= 15 is 0 Å². The Kier molecular flexibility index (Phi) is 4.46. The second-order valence-corrected chi connectivity index (χ2v) is 5.94. The Labute approximate surface area is 139 Å². The number of carbonyl (C=O) groups excluding carboxylic acids is 1. The van der Waals surface area contributed by atoms with Crippen LogP contribution in [0.5, 0.6) is 0 Å². The highest BCUT2D eigenvalue weighted by atomic mass is 19.1. The number of aromatic nitrogens is 2. The van der Waals surface area contributed by atoms with Crippen LogP contribution in [0.4, 0.5) is 14.9 Å². The molecule has 0 aliphatic rings. The molecule has 1 aromatic heterocycles. The molecule has 0 saturated carbocycles. The van der Waals surface area contributed by atoms with E-state index in [4.69, 9.17) is 0 Å². The maximum absolute atomic E-state index is 13.6. The number of H-pyrrole nitrogens is 1. The van der Waals surface area contributed by atoms with Crippen molar-refractivity contribution in [3.05, 3.63) is 60.2 Å². The van der Waals surface area contributed by atoms with E-state index in [0.717, 1.165) is 11.0 Å². The first-order chi connectivity index (χ1) is 11.5. The fraction of sp³-hybridized carbons (Fsp3) is 0.222. The molecule has 1 unspecified atom stereocenters. The first-order valence-corrected chi connectivity index (χ1v) is 7.81. The van der Waals surface area contributed by atoms with Gasteiger partial charge >= 0.3 is 6.03 Å². The number of aromatic amines is 1. The summed E-state index contributed by atoms with van der Waals surface area (Å²) in [5.74, 6) is 0.310. The summed E-state index contributed by atoms with van der Waals surface area (Å²) >= 11 is 0. The molecular weight excluding hydrogens is 307 g/mol. The first kappa shape index (κ1) is 16.0. The van der Waals surface area contributed by atoms with Crippen molar-refractivity contribution in [3.8, 4) is 0 Å². The first-order valence-electron chi connectivity index (χ1n) is 7.81. The number of imidazole rings is 1. The Hall–Kier alpha value is -2.89. The number of rotatable bonds is 4. The number of fused-ring (bicyclic) bond motifs is 1. The number of benzene rings is 2. The quantitative estimate of drug-likeness (QED) is 0.672. The lowest BCUT2D eigenvalue weighted by Crippen LogP contribution is -2.35. The van der Waals surface area contributed by atoms with Gasteiger partial charge in [-0.3, -0.25) is 0 Å². The van der Waals surface area contributed by atoms with Gasteiger partial charge in [0.2, 0.25) is 0 Å². The second-order valence-electron chi connectivity index (χ2n) is 5.94. The Morgan fingerprint density at radius 2 is 1.83 bits per heavy atom. The fourth-order valence-corrected chi connectivity index (χ4v) is 2.53. The zero-order valence-corrected chi connectivity index (χ0v) is 13.5. The number of para-hydroxylation sites is 3. The molecule has 24 heavy (non-hydrogen) atoms. The molecule has 5 nitrogen and oxygen atoms in total. The fourth-order valence-electron chi connectivity index (χ4n) is 2.53. The van der Waals surface area contributed by atoms with E-state index in [-0.39, 0.29) is 17.6 Å². The van der Waals surface area contributed by atoms with Crippen LogP contribution in [0.3, 0.4) is 0 Å². The van der Waals surface area contributed by atoms with E-state index in [1.807, 2.05) is 38.1 Å². The molecule has 1 heterocycles. The minimum atomic E-state index is -0.475. The van der Waals surface area contributed by atoms with Crippen molar-refractivity contribution in [2.24, 2.45) is 5.92 Å². The van der Waals surface area contributed by atoms with Gasteiger partial charge in [0.25, 0.3) is 0 Å². The van der Waals surface area contributed by atoms with Crippen LogP contribution >= 0.6 is 0 Å². The smallest absolute Gasteiger partial charge is 0.319 e. The lowest BCUT2D eigenvalue weighted by atomic mass is 10.0. The van der Waals surface area contributed by atoms with Crippen molar-refractivity contribution in [2.45, 2.75) is 19.9 Å². The van der Waals surface area contributed by atoms with E-state index in [1.165, 1.54) is 12.1 Å². The predicted molar refractivity (Wildman–Crippen MR) is 92.2 cm³/mol. The van der Waals surface area contributed by atoms with Gasteiger partial charge in [-0.1, -0.05) is 38.1 Å². The van der Waals surface area contributed by atoms with Gasteiger partial charge < -0.3 is 15.6 Å². The topological polar surface area (TPSA) is 69.8 Å². The predicted octanol–water partition coefficient (Wildman–Crippen LogP) is 4.22. The number of nitrogens with one attached hydrogen (secondary N) is 3. The minimum Gasteiger partial charge on any atom is -0.340 e. The zero-order chi connectivity index (χ0) is 17.1. The van der Waals surface area contributed by atoms with Crippen molar-refractivity contribution in [2.75, 3.05) is 5.32 Å². The lowest BCUT2D eigenvalue weighted by molar-refractivity contribution is 0.244. The molecule has 0 aliphatic heterocycles. The van der Waals surface area contributed by atoms with Crippen molar-refractivity contribution < 1.29 is 9.18 Å². The van der Waals surface area contributed by atoms with Crippen molar-refractivity contribution in [3.63, 3.8) is 0 Å². The van der Waals surface area contributed by atoms with Crippen LogP contribution in [0.15, 0.2) is 48.5 Å². The van der Waals surface area contributed by atoms with Gasteiger partial charge in [-0.25, -0.2) is 14.2 Å². The molecule has 2 amide bonds. The van der Waals surface area contributed by atoms with Gasteiger partial charge in [-0.2, -0.15) is 0 Å². The number of amides is 2. The largest absolute Gasteiger partial charge is 0.340 e. The molecule has 124 valence electrons. The van der Waals surface area contributed by atoms with Crippen LogP contribution < -0.4 is 10.6 Å². The summed E-state index contributed by atoms with van der Waals surface area (Å²) in [5, 5.41) is 5.39. The molecular formula is C18H19FN4O. The molecule has 1 atom stereocenters. The Morgan fingerprint density at radius 3 is 2.54 bits per heavy atom. The van der Waals surface area contributed by atoms with Crippen molar-refractivity contribution in [1.82, 2.24) is 15.3 Å². The number of hydrogen-bond donors (Lipinski definition) is 3. The van der Waals surface area contributed by atoms with Crippen molar-refractivity contribution in [1.29, 1.82) is 0 Å². The summed E-state index contributed by atoms with van der Waals surface area (Å²) in [7, 11) is 0. The maximum atomic E-state index is 13.6. The molecule has 0 saturated heterocycles. The van der Waals surface area contributed by atoms with E-state index in [1.54, 1.807) is 12.1 Å². The zero-order valence-electron chi connectivity index (χ0n) is 13.5. The molecule has 0 bridgehead atoms. The van der Waals surface area contributed by atoms with E-state index in [2.05, 4.69) is 20.6 Å². The molecule has 2 aromatic carbocycles. The Morgan fingerprint density at radius 1 is 1.12 bits per heavy atom. The molecule has 6 heteroatoms. The summed E-state index contributed by atoms with van der Waals surface area (Å²) in [5.41, 5.74) is 1.89. The van der Waals surface area contributed by atoms with Crippen LogP contribution in [0.1, 0.15) is 25.7 Å². The van der Waals surface area contributed by atoms with Crippen LogP contribution in [0, 0.1) is 11.7 Å². The number of urea groups is 1. The average molecular weight is 326 g/mol. The van der Waals surface area contributed by atoms with Crippen LogP contribution in [0.25, 0.3) is 11.0 Å². The molecule has 3 rings (SSSR count). The van der Waals surface area contributed by atoms with Gasteiger partial charge in [0.15, 0.2) is 0 Å². The summed E-state index contributed by atoms with van der Waals surface area (Å²) < 4.78 is 13.6. The molecule has 0 aliphatic carbocycles. The number of hydrogen-bond acceptors (Lipinski definition) is 2. The summed E-state index contributed by atoms with van der Waals surface area (Å²) in [6, 6.07) is 12.9. The van der Waals surface area contributed by atoms with Crippen LogP contribution in [-0.4, -0.2) is 16.0 Å². The van der Waals surface area contributed by atoms with Gasteiger partial charge in [0.1, 0.15) is 11.6 Å². The van der Waals surface area contributed by atoms with E-state index in [0.29, 0.717) is 5.82 Å². The molecule has 0 fully saturated rings. The number of nitrogens with zero attached hydrogens (tertiary/aromatic N) is 1. The summed E-state index contributed by atoms with van der Waals surface area (Å²) in [6.07, 6.45) is 0. The Bertz CT molecular complexity index is 826. The van der Waals surface area contributed by atoms with Crippen molar-refractivity contribution >= 4 is 22.8 Å². The third kappa shape index (κ3) is 3.37. The highest BCUT2D eigenvalue weighted by Crippen LogP contribution is 2.22. The van der Waals surface area contributed by atoms with E-state index in [9.17, 15) is 9.18 Å². The van der Waals surface area contributed by atoms with Crippen LogP contribution in [0.2, 0.25) is 0 Å². The summed E-state index contributed by atoms with van der Waals surface area (Å²) in [6.45, 7) is 3.97. The molecule has 0 spiro atoms.